The van der Waals surface area contributed by atoms with E-state index in [1.807, 2.05) is 24.0 Å². The SMILES string of the molecule is CCNC(=O)N1C[C@@H](C)N(CCCCc2ccc(F)cc2)C[C@H]1C. The fraction of sp³-hybridized carbons (Fsp3) is 0.632. The van der Waals surface area contributed by atoms with Crippen molar-refractivity contribution in [2.24, 2.45) is 0 Å². The summed E-state index contributed by atoms with van der Waals surface area (Å²) in [6.45, 7) is 9.69. The summed E-state index contributed by atoms with van der Waals surface area (Å²) in [5.41, 5.74) is 1.19. The van der Waals surface area contributed by atoms with Crippen molar-refractivity contribution < 1.29 is 9.18 Å². The standard InChI is InChI=1S/C19H30FN3O/c1-4-21-19(24)23-14-15(2)22(13-16(23)3)12-6-5-7-17-8-10-18(20)11-9-17/h8-11,15-16H,4-7,12-14H2,1-3H3,(H,21,24)/t15-,16-/m1/s1. The van der Waals surface area contributed by atoms with Crippen molar-refractivity contribution in [2.45, 2.75) is 52.1 Å². The topological polar surface area (TPSA) is 35.6 Å². The van der Waals surface area contributed by atoms with Gasteiger partial charge in [0.25, 0.3) is 0 Å². The molecule has 2 rings (SSSR count). The number of hydrogen-bond acceptors (Lipinski definition) is 2. The highest BCUT2D eigenvalue weighted by molar-refractivity contribution is 5.74. The lowest BCUT2D eigenvalue weighted by atomic mass is 10.1. The van der Waals surface area contributed by atoms with Gasteiger partial charge < -0.3 is 10.2 Å². The lowest BCUT2D eigenvalue weighted by Gasteiger charge is -2.44. The second-order valence-corrected chi connectivity index (χ2v) is 6.76. The van der Waals surface area contributed by atoms with Crippen LogP contribution in [-0.2, 0) is 6.42 Å². The van der Waals surface area contributed by atoms with Crippen LogP contribution in [0.15, 0.2) is 24.3 Å². The second kappa shape index (κ2) is 9.02. The van der Waals surface area contributed by atoms with Crippen molar-refractivity contribution in [3.63, 3.8) is 0 Å². The zero-order chi connectivity index (χ0) is 17.5. The van der Waals surface area contributed by atoms with Gasteiger partial charge in [0.05, 0.1) is 0 Å². The molecule has 1 heterocycles. The van der Waals surface area contributed by atoms with Crippen LogP contribution in [-0.4, -0.2) is 54.1 Å². The van der Waals surface area contributed by atoms with Gasteiger partial charge in [-0.2, -0.15) is 0 Å². The van der Waals surface area contributed by atoms with Gasteiger partial charge >= 0.3 is 6.03 Å². The van der Waals surface area contributed by atoms with E-state index < -0.39 is 0 Å². The molecule has 1 fully saturated rings. The van der Waals surface area contributed by atoms with Crippen LogP contribution >= 0.6 is 0 Å². The van der Waals surface area contributed by atoms with E-state index >= 15 is 0 Å². The Morgan fingerprint density at radius 3 is 2.54 bits per heavy atom. The predicted molar refractivity (Wildman–Crippen MR) is 95.6 cm³/mol. The van der Waals surface area contributed by atoms with Crippen LogP contribution in [0.3, 0.4) is 0 Å². The molecular formula is C19H30FN3O. The van der Waals surface area contributed by atoms with Gasteiger partial charge in [-0.25, -0.2) is 9.18 Å². The number of benzene rings is 1. The number of nitrogens with one attached hydrogen (secondary N) is 1. The van der Waals surface area contributed by atoms with E-state index in [1.54, 1.807) is 0 Å². The van der Waals surface area contributed by atoms with Crippen LogP contribution < -0.4 is 5.32 Å². The Morgan fingerprint density at radius 1 is 1.17 bits per heavy atom. The molecule has 1 saturated heterocycles. The first-order valence-electron chi connectivity index (χ1n) is 9.04. The maximum absolute atomic E-state index is 12.9. The van der Waals surface area contributed by atoms with E-state index in [9.17, 15) is 9.18 Å². The number of amides is 2. The van der Waals surface area contributed by atoms with E-state index in [2.05, 4.69) is 24.1 Å². The Labute approximate surface area is 145 Å². The Hall–Kier alpha value is -1.62. The molecule has 0 radical (unpaired) electrons. The monoisotopic (exact) mass is 335 g/mol. The first-order chi connectivity index (χ1) is 11.5. The zero-order valence-electron chi connectivity index (χ0n) is 15.1. The van der Waals surface area contributed by atoms with Gasteiger partial charge in [-0.15, -0.1) is 0 Å². The molecule has 0 unspecified atom stereocenters. The third-order valence-corrected chi connectivity index (χ3v) is 4.78. The number of piperazine rings is 1. The number of unbranched alkanes of at least 4 members (excludes halogenated alkanes) is 1. The van der Waals surface area contributed by atoms with Gasteiger partial charge in [-0.05, 0) is 64.3 Å². The molecule has 24 heavy (non-hydrogen) atoms. The lowest BCUT2D eigenvalue weighted by Crippen LogP contribution is -2.60. The maximum atomic E-state index is 12.9. The van der Waals surface area contributed by atoms with Crippen LogP contribution in [0.4, 0.5) is 9.18 Å². The summed E-state index contributed by atoms with van der Waals surface area (Å²) in [5, 5.41) is 2.90. The molecular weight excluding hydrogens is 305 g/mol. The highest BCUT2D eigenvalue weighted by Gasteiger charge is 2.31. The van der Waals surface area contributed by atoms with Crippen molar-refractivity contribution in [3.05, 3.63) is 35.6 Å². The number of carbonyl (C=O) groups excluding carboxylic acids is 1. The first-order valence-corrected chi connectivity index (χ1v) is 9.04. The van der Waals surface area contributed by atoms with Crippen LogP contribution in [0.2, 0.25) is 0 Å². The number of halogens is 1. The van der Waals surface area contributed by atoms with Gasteiger partial charge in [0.15, 0.2) is 0 Å². The molecule has 2 atom stereocenters. The quantitative estimate of drug-likeness (QED) is 0.810. The number of aryl methyl sites for hydroxylation is 1. The van der Waals surface area contributed by atoms with E-state index in [-0.39, 0.29) is 17.9 Å². The molecule has 134 valence electrons. The van der Waals surface area contributed by atoms with Crippen molar-refractivity contribution >= 4 is 6.03 Å². The van der Waals surface area contributed by atoms with Crippen molar-refractivity contribution in [1.29, 1.82) is 0 Å². The lowest BCUT2D eigenvalue weighted by molar-refractivity contribution is 0.0624. The molecule has 0 bridgehead atoms. The fourth-order valence-corrected chi connectivity index (χ4v) is 3.34. The normalized spacial score (nSPS) is 21.8. The highest BCUT2D eigenvalue weighted by Crippen LogP contribution is 2.16. The Kier molecular flexibility index (Phi) is 7.03. The fourth-order valence-electron chi connectivity index (χ4n) is 3.34. The Morgan fingerprint density at radius 2 is 1.88 bits per heavy atom. The summed E-state index contributed by atoms with van der Waals surface area (Å²) in [6, 6.07) is 7.46. The molecule has 2 amide bonds. The number of rotatable bonds is 6. The molecule has 1 aromatic carbocycles. The molecule has 0 saturated carbocycles. The largest absolute Gasteiger partial charge is 0.338 e. The minimum atomic E-state index is -0.174. The summed E-state index contributed by atoms with van der Waals surface area (Å²) < 4.78 is 12.9. The van der Waals surface area contributed by atoms with E-state index in [4.69, 9.17) is 0 Å². The highest BCUT2D eigenvalue weighted by atomic mass is 19.1. The third-order valence-electron chi connectivity index (χ3n) is 4.78. The molecule has 1 aliphatic rings. The smallest absolute Gasteiger partial charge is 0.317 e. The summed E-state index contributed by atoms with van der Waals surface area (Å²) in [5.74, 6) is -0.174. The van der Waals surface area contributed by atoms with Crippen LogP contribution in [0.25, 0.3) is 0 Å². The van der Waals surface area contributed by atoms with Gasteiger partial charge in [0.1, 0.15) is 5.82 Å². The summed E-state index contributed by atoms with van der Waals surface area (Å²) >= 11 is 0. The number of urea groups is 1. The van der Waals surface area contributed by atoms with Crippen molar-refractivity contribution in [2.75, 3.05) is 26.2 Å². The van der Waals surface area contributed by atoms with E-state index in [0.717, 1.165) is 38.9 Å². The minimum Gasteiger partial charge on any atom is -0.338 e. The van der Waals surface area contributed by atoms with E-state index in [0.29, 0.717) is 12.6 Å². The Balaban J connectivity index is 1.73. The predicted octanol–water partition coefficient (Wildman–Crippen LogP) is 3.27. The molecule has 0 aromatic heterocycles. The van der Waals surface area contributed by atoms with Crippen LogP contribution in [0.5, 0.6) is 0 Å². The number of nitrogens with zero attached hydrogens (tertiary/aromatic N) is 2. The molecule has 4 nitrogen and oxygen atoms in total. The maximum Gasteiger partial charge on any atom is 0.317 e. The second-order valence-electron chi connectivity index (χ2n) is 6.76. The van der Waals surface area contributed by atoms with Gasteiger partial charge in [0.2, 0.25) is 0 Å². The molecule has 0 aliphatic carbocycles. The summed E-state index contributed by atoms with van der Waals surface area (Å²) in [6.07, 6.45) is 3.21. The minimum absolute atomic E-state index is 0.0489. The average Bonchev–Trinajstić information content (AvgIpc) is 2.56. The van der Waals surface area contributed by atoms with Gasteiger partial charge in [0, 0.05) is 31.7 Å². The van der Waals surface area contributed by atoms with Gasteiger partial charge in [-0.3, -0.25) is 4.90 Å². The third kappa shape index (κ3) is 5.20. The molecule has 0 spiro atoms. The average molecular weight is 335 g/mol. The van der Waals surface area contributed by atoms with Crippen molar-refractivity contribution in [1.82, 2.24) is 15.1 Å². The van der Waals surface area contributed by atoms with Crippen LogP contribution in [0, 0.1) is 5.82 Å². The number of hydrogen-bond donors (Lipinski definition) is 1. The number of carbonyl (C=O) groups is 1. The van der Waals surface area contributed by atoms with Crippen molar-refractivity contribution in [3.8, 4) is 0 Å². The Bertz CT molecular complexity index is 520. The van der Waals surface area contributed by atoms with Crippen LogP contribution in [0.1, 0.15) is 39.2 Å². The molecule has 1 aliphatic heterocycles. The molecule has 1 aromatic rings. The molecule has 1 N–H and O–H groups in total. The zero-order valence-corrected chi connectivity index (χ0v) is 15.1. The first kappa shape index (κ1) is 18.7. The van der Waals surface area contributed by atoms with E-state index in [1.165, 1.54) is 17.7 Å². The summed E-state index contributed by atoms with van der Waals surface area (Å²) in [7, 11) is 0. The van der Waals surface area contributed by atoms with Gasteiger partial charge in [-0.1, -0.05) is 12.1 Å². The summed E-state index contributed by atoms with van der Waals surface area (Å²) in [4.78, 5) is 16.5. The molecule has 5 heteroatoms.